The van der Waals surface area contributed by atoms with Crippen LogP contribution >= 0.6 is 0 Å². The van der Waals surface area contributed by atoms with E-state index < -0.39 is 0 Å². The van der Waals surface area contributed by atoms with Gasteiger partial charge in [-0.3, -0.25) is 4.79 Å². The normalized spacial score (nSPS) is 11.6. The molecule has 0 spiro atoms. The first-order valence-corrected chi connectivity index (χ1v) is 12.3. The van der Waals surface area contributed by atoms with Crippen molar-refractivity contribution in [3.63, 3.8) is 0 Å². The van der Waals surface area contributed by atoms with E-state index >= 15 is 0 Å². The number of rotatable bonds is 7. The fraction of sp³-hybridized carbons (Fsp3) is 0.156. The van der Waals surface area contributed by atoms with Gasteiger partial charge in [0.05, 0.1) is 20.0 Å². The van der Waals surface area contributed by atoms with Gasteiger partial charge in [0.25, 0.3) is 0 Å². The maximum absolute atomic E-state index is 13.1. The smallest absolute Gasteiger partial charge is 0.248 e. The van der Waals surface area contributed by atoms with Gasteiger partial charge in [0.15, 0.2) is 0 Å². The van der Waals surface area contributed by atoms with Crippen LogP contribution < -0.4 is 14.8 Å². The van der Waals surface area contributed by atoms with Crippen LogP contribution in [0, 0.1) is 6.92 Å². The summed E-state index contributed by atoms with van der Waals surface area (Å²) in [6.07, 6.45) is 3.38. The van der Waals surface area contributed by atoms with E-state index in [4.69, 9.17) is 13.9 Å². The van der Waals surface area contributed by atoms with Crippen molar-refractivity contribution in [1.82, 2.24) is 0 Å². The zero-order chi connectivity index (χ0) is 25.9. The van der Waals surface area contributed by atoms with Gasteiger partial charge in [-0.05, 0) is 61.6 Å². The van der Waals surface area contributed by atoms with Gasteiger partial charge < -0.3 is 19.2 Å². The summed E-state index contributed by atoms with van der Waals surface area (Å²) in [4.78, 5) is 13.1. The fourth-order valence-electron chi connectivity index (χ4n) is 4.77. The van der Waals surface area contributed by atoms with Gasteiger partial charge in [-0.1, -0.05) is 48.5 Å². The lowest BCUT2D eigenvalue weighted by Gasteiger charge is -2.14. The highest BCUT2D eigenvalue weighted by molar-refractivity contribution is 6.09. The Morgan fingerprint density at radius 3 is 2.51 bits per heavy atom. The molecule has 0 aliphatic rings. The van der Waals surface area contributed by atoms with Gasteiger partial charge in [0, 0.05) is 39.2 Å². The van der Waals surface area contributed by atoms with Gasteiger partial charge in [-0.15, -0.1) is 0 Å². The van der Waals surface area contributed by atoms with Crippen LogP contribution in [0.3, 0.4) is 0 Å². The van der Waals surface area contributed by atoms with Crippen LogP contribution in [0.15, 0.2) is 89.6 Å². The molecule has 1 amide bonds. The second-order valence-corrected chi connectivity index (χ2v) is 8.91. The van der Waals surface area contributed by atoms with Crippen molar-refractivity contribution in [1.29, 1.82) is 0 Å². The Hall–Kier alpha value is -4.51. The maximum Gasteiger partial charge on any atom is 0.248 e. The van der Waals surface area contributed by atoms with Gasteiger partial charge in [0.2, 0.25) is 5.91 Å². The zero-order valence-corrected chi connectivity index (χ0v) is 21.4. The number of ether oxygens (including phenoxy) is 2. The summed E-state index contributed by atoms with van der Waals surface area (Å²) in [5, 5.41) is 6.07. The minimum absolute atomic E-state index is 0.201. The number of benzene rings is 4. The highest BCUT2D eigenvalue weighted by Crippen LogP contribution is 2.41. The second-order valence-electron chi connectivity index (χ2n) is 8.91. The summed E-state index contributed by atoms with van der Waals surface area (Å²) in [6, 6.07) is 23.9. The Morgan fingerprint density at radius 2 is 1.76 bits per heavy atom. The van der Waals surface area contributed by atoms with Crippen molar-refractivity contribution in [2.24, 2.45) is 0 Å². The molecule has 1 heterocycles. The van der Waals surface area contributed by atoms with Crippen LogP contribution in [-0.2, 0) is 4.79 Å². The van der Waals surface area contributed by atoms with Crippen molar-refractivity contribution in [3.8, 4) is 22.6 Å². The minimum atomic E-state index is -0.201. The maximum atomic E-state index is 13.1. The van der Waals surface area contributed by atoms with E-state index in [9.17, 15) is 4.79 Å². The minimum Gasteiger partial charge on any atom is -0.496 e. The Labute approximate surface area is 216 Å². The molecule has 37 heavy (non-hydrogen) atoms. The number of allylic oxidation sites excluding steroid dienone is 1. The van der Waals surface area contributed by atoms with E-state index in [2.05, 4.69) is 5.32 Å². The Kier molecular flexibility index (Phi) is 6.69. The van der Waals surface area contributed by atoms with E-state index in [1.807, 2.05) is 93.6 Å². The summed E-state index contributed by atoms with van der Waals surface area (Å²) in [5.74, 6) is 1.31. The molecule has 0 aliphatic carbocycles. The first-order valence-electron chi connectivity index (χ1n) is 12.3. The first-order chi connectivity index (χ1) is 18.0. The standard InChI is InChI=1S/C32H29NO4/c1-5-36-24-15-13-23(14-16-24)28-19-37-32-21(3)31(35-4)26(18-27(28)32)20(2)17-30(34)33-29-12-8-10-22-9-6-7-11-25(22)29/h6-19H,5H2,1-4H3,(H,33,34)/b20-17+. The van der Waals surface area contributed by atoms with Crippen molar-refractivity contribution >= 4 is 38.9 Å². The Balaban J connectivity index is 1.52. The third-order valence-corrected chi connectivity index (χ3v) is 6.54. The summed E-state index contributed by atoms with van der Waals surface area (Å²) < 4.78 is 17.3. The molecule has 5 rings (SSSR count). The number of carbonyl (C=O) groups is 1. The highest BCUT2D eigenvalue weighted by atomic mass is 16.5. The number of hydrogen-bond donors (Lipinski definition) is 1. The lowest BCUT2D eigenvalue weighted by atomic mass is 9.96. The first kappa shape index (κ1) is 24.2. The van der Waals surface area contributed by atoms with E-state index in [-0.39, 0.29) is 5.91 Å². The molecule has 1 aromatic heterocycles. The van der Waals surface area contributed by atoms with Gasteiger partial charge >= 0.3 is 0 Å². The lowest BCUT2D eigenvalue weighted by Crippen LogP contribution is -2.09. The highest BCUT2D eigenvalue weighted by Gasteiger charge is 2.19. The number of nitrogens with one attached hydrogen (secondary N) is 1. The number of hydrogen-bond acceptors (Lipinski definition) is 4. The molecule has 186 valence electrons. The summed E-state index contributed by atoms with van der Waals surface area (Å²) in [5.41, 5.74) is 6.05. The molecular formula is C32H29NO4. The molecule has 0 fully saturated rings. The number of methoxy groups -OCH3 is 1. The molecule has 5 nitrogen and oxygen atoms in total. The molecule has 0 saturated carbocycles. The SMILES string of the molecule is CCOc1ccc(-c2coc3c(C)c(OC)c(/C(C)=C/C(=O)Nc4cccc5ccccc45)cc23)cc1. The predicted octanol–water partition coefficient (Wildman–Crippen LogP) is 8.01. The molecular weight excluding hydrogens is 462 g/mol. The largest absolute Gasteiger partial charge is 0.496 e. The predicted molar refractivity (Wildman–Crippen MR) is 150 cm³/mol. The van der Waals surface area contributed by atoms with Crippen LogP contribution in [0.1, 0.15) is 25.0 Å². The van der Waals surface area contributed by atoms with E-state index in [0.29, 0.717) is 12.4 Å². The van der Waals surface area contributed by atoms with Crippen LogP contribution in [0.2, 0.25) is 0 Å². The molecule has 1 N–H and O–H groups in total. The van der Waals surface area contributed by atoms with E-state index in [1.54, 1.807) is 19.4 Å². The molecule has 5 heteroatoms. The summed E-state index contributed by atoms with van der Waals surface area (Å²) >= 11 is 0. The Morgan fingerprint density at radius 1 is 1.00 bits per heavy atom. The van der Waals surface area contributed by atoms with Crippen molar-refractivity contribution in [3.05, 3.63) is 96.3 Å². The number of carbonyl (C=O) groups excluding carboxylic acids is 1. The molecule has 4 aromatic carbocycles. The van der Waals surface area contributed by atoms with E-state index in [0.717, 1.165) is 61.0 Å². The number of anilines is 1. The molecule has 0 unspecified atom stereocenters. The van der Waals surface area contributed by atoms with Crippen LogP contribution in [0.25, 0.3) is 38.4 Å². The molecule has 0 atom stereocenters. The van der Waals surface area contributed by atoms with Gasteiger partial charge in [0.1, 0.15) is 17.1 Å². The summed E-state index contributed by atoms with van der Waals surface area (Å²) in [6.45, 7) is 6.48. The van der Waals surface area contributed by atoms with Gasteiger partial charge in [-0.2, -0.15) is 0 Å². The van der Waals surface area contributed by atoms with Crippen molar-refractivity contribution in [2.75, 3.05) is 19.0 Å². The molecule has 0 aliphatic heterocycles. The molecule has 0 radical (unpaired) electrons. The third-order valence-electron chi connectivity index (χ3n) is 6.54. The number of amides is 1. The topological polar surface area (TPSA) is 60.7 Å². The fourth-order valence-corrected chi connectivity index (χ4v) is 4.77. The van der Waals surface area contributed by atoms with Crippen LogP contribution in [0.5, 0.6) is 11.5 Å². The summed E-state index contributed by atoms with van der Waals surface area (Å²) in [7, 11) is 1.64. The van der Waals surface area contributed by atoms with Crippen LogP contribution in [0.4, 0.5) is 5.69 Å². The molecule has 0 saturated heterocycles. The number of furan rings is 1. The number of aryl methyl sites for hydroxylation is 1. The quantitative estimate of drug-likeness (QED) is 0.234. The third kappa shape index (κ3) is 4.68. The average molecular weight is 492 g/mol. The zero-order valence-electron chi connectivity index (χ0n) is 21.4. The molecule has 5 aromatic rings. The number of fused-ring (bicyclic) bond motifs is 2. The lowest BCUT2D eigenvalue weighted by molar-refractivity contribution is -0.111. The van der Waals surface area contributed by atoms with Crippen LogP contribution in [-0.4, -0.2) is 19.6 Å². The Bertz CT molecular complexity index is 1620. The van der Waals surface area contributed by atoms with Gasteiger partial charge in [-0.25, -0.2) is 0 Å². The van der Waals surface area contributed by atoms with Crippen molar-refractivity contribution in [2.45, 2.75) is 20.8 Å². The molecule has 0 bridgehead atoms. The van der Waals surface area contributed by atoms with Crippen molar-refractivity contribution < 1.29 is 18.7 Å². The second kappa shape index (κ2) is 10.2. The monoisotopic (exact) mass is 491 g/mol. The average Bonchev–Trinajstić information content (AvgIpc) is 3.34. The van der Waals surface area contributed by atoms with E-state index in [1.165, 1.54) is 0 Å².